The number of nitrogens with two attached hydrogens (primary N) is 1. The fraction of sp³-hybridized carbons (Fsp3) is 0.571. The van der Waals surface area contributed by atoms with E-state index in [0.717, 1.165) is 44.2 Å². The van der Waals surface area contributed by atoms with E-state index in [4.69, 9.17) is 5.73 Å². The lowest BCUT2D eigenvalue weighted by molar-refractivity contribution is 0.285. The highest BCUT2D eigenvalue weighted by atomic mass is 32.2. The molecule has 0 atom stereocenters. The van der Waals surface area contributed by atoms with E-state index in [0.29, 0.717) is 0 Å². The van der Waals surface area contributed by atoms with E-state index < -0.39 is 32.1 Å². The summed E-state index contributed by atoms with van der Waals surface area (Å²) in [4.78, 5) is -0.502. The highest BCUT2D eigenvalue weighted by Crippen LogP contribution is 2.29. The Morgan fingerprint density at radius 2 is 1.86 bits per heavy atom. The molecule has 0 aromatic heterocycles. The molecule has 1 aromatic carbocycles. The molecule has 4 nitrogen and oxygen atoms in total. The average Bonchev–Trinajstić information content (AvgIpc) is 2.47. The van der Waals surface area contributed by atoms with Crippen molar-refractivity contribution >= 4 is 10.0 Å². The Morgan fingerprint density at radius 1 is 1.24 bits per heavy atom. The molecule has 1 aromatic rings. The van der Waals surface area contributed by atoms with Crippen molar-refractivity contribution in [2.75, 3.05) is 7.05 Å². The van der Waals surface area contributed by atoms with Gasteiger partial charge in [0.15, 0.2) is 5.82 Å². The summed E-state index contributed by atoms with van der Waals surface area (Å²) in [5, 5.41) is 0. The first-order valence-electron chi connectivity index (χ1n) is 7.04. The normalized spacial score (nSPS) is 17.4. The van der Waals surface area contributed by atoms with Crippen LogP contribution in [0.2, 0.25) is 0 Å². The summed E-state index contributed by atoms with van der Waals surface area (Å²) in [6.45, 7) is -0.381. The van der Waals surface area contributed by atoms with Gasteiger partial charge in [0, 0.05) is 25.2 Å². The molecular weight excluding hydrogens is 298 g/mol. The van der Waals surface area contributed by atoms with Crippen LogP contribution in [0, 0.1) is 11.6 Å². The van der Waals surface area contributed by atoms with Crippen molar-refractivity contribution in [2.24, 2.45) is 5.73 Å². The van der Waals surface area contributed by atoms with Crippen molar-refractivity contribution in [2.45, 2.75) is 49.6 Å². The molecule has 0 amide bonds. The molecule has 0 bridgehead atoms. The minimum absolute atomic E-state index is 0.130. The Kier molecular flexibility index (Phi) is 4.95. The Hall–Kier alpha value is -1.05. The van der Waals surface area contributed by atoms with Crippen LogP contribution in [-0.2, 0) is 16.6 Å². The van der Waals surface area contributed by atoms with Crippen molar-refractivity contribution < 1.29 is 17.2 Å². The summed E-state index contributed by atoms with van der Waals surface area (Å²) >= 11 is 0. The maximum absolute atomic E-state index is 14.2. The van der Waals surface area contributed by atoms with Gasteiger partial charge in [-0.1, -0.05) is 19.3 Å². The molecule has 2 N–H and O–H groups in total. The smallest absolute Gasteiger partial charge is 0.245 e. The van der Waals surface area contributed by atoms with Gasteiger partial charge in [0.25, 0.3) is 0 Å². The van der Waals surface area contributed by atoms with E-state index in [9.17, 15) is 17.2 Å². The Balaban J connectivity index is 2.39. The van der Waals surface area contributed by atoms with Crippen LogP contribution in [-0.4, -0.2) is 25.8 Å². The molecule has 21 heavy (non-hydrogen) atoms. The quantitative estimate of drug-likeness (QED) is 0.927. The zero-order valence-electron chi connectivity index (χ0n) is 12.0. The van der Waals surface area contributed by atoms with Gasteiger partial charge in [0.1, 0.15) is 10.7 Å². The zero-order valence-corrected chi connectivity index (χ0v) is 12.8. The predicted molar refractivity (Wildman–Crippen MR) is 76.1 cm³/mol. The van der Waals surface area contributed by atoms with E-state index in [1.165, 1.54) is 11.4 Å². The third-order valence-corrected chi connectivity index (χ3v) is 6.03. The second-order valence-electron chi connectivity index (χ2n) is 5.36. The summed E-state index contributed by atoms with van der Waals surface area (Å²) in [7, 11) is -2.53. The fourth-order valence-electron chi connectivity index (χ4n) is 2.76. The van der Waals surface area contributed by atoms with Crippen molar-refractivity contribution in [3.8, 4) is 0 Å². The molecule has 2 rings (SSSR count). The zero-order chi connectivity index (χ0) is 15.6. The molecule has 118 valence electrons. The van der Waals surface area contributed by atoms with Gasteiger partial charge >= 0.3 is 0 Å². The number of sulfonamides is 1. The van der Waals surface area contributed by atoms with Gasteiger partial charge in [-0.05, 0) is 25.0 Å². The largest absolute Gasteiger partial charge is 0.326 e. The molecule has 0 heterocycles. The number of benzene rings is 1. The SMILES string of the molecule is CN(C1CCCCC1)S(=O)(=O)c1ccc(F)c(CN)c1F. The number of hydrogen-bond donors (Lipinski definition) is 1. The van der Waals surface area contributed by atoms with E-state index in [1.54, 1.807) is 0 Å². The van der Waals surface area contributed by atoms with Crippen LogP contribution in [0.4, 0.5) is 8.78 Å². The lowest BCUT2D eigenvalue weighted by Gasteiger charge is -2.30. The van der Waals surface area contributed by atoms with Gasteiger partial charge in [-0.3, -0.25) is 0 Å². The molecule has 7 heteroatoms. The monoisotopic (exact) mass is 318 g/mol. The number of rotatable bonds is 4. The van der Waals surface area contributed by atoms with Crippen LogP contribution in [0.1, 0.15) is 37.7 Å². The first-order chi connectivity index (χ1) is 9.89. The van der Waals surface area contributed by atoms with Crippen LogP contribution < -0.4 is 5.73 Å². The van der Waals surface area contributed by atoms with Crippen molar-refractivity contribution in [1.29, 1.82) is 0 Å². The average molecular weight is 318 g/mol. The fourth-order valence-corrected chi connectivity index (χ4v) is 4.26. The molecular formula is C14H20F2N2O2S. The first kappa shape index (κ1) is 16.3. The highest BCUT2D eigenvalue weighted by molar-refractivity contribution is 7.89. The van der Waals surface area contributed by atoms with E-state index >= 15 is 0 Å². The van der Waals surface area contributed by atoms with Crippen molar-refractivity contribution in [1.82, 2.24) is 4.31 Å². The van der Waals surface area contributed by atoms with Crippen molar-refractivity contribution in [3.63, 3.8) is 0 Å². The standard InChI is InChI=1S/C14H20F2N2O2S/c1-18(10-5-3-2-4-6-10)21(19,20)13-8-7-12(15)11(9-17)14(13)16/h7-8,10H,2-6,9,17H2,1H3. The lowest BCUT2D eigenvalue weighted by atomic mass is 9.96. The molecule has 1 aliphatic rings. The van der Waals surface area contributed by atoms with Gasteiger partial charge in [-0.15, -0.1) is 0 Å². The van der Waals surface area contributed by atoms with Crippen LogP contribution >= 0.6 is 0 Å². The van der Waals surface area contributed by atoms with Gasteiger partial charge in [0.2, 0.25) is 10.0 Å². The van der Waals surface area contributed by atoms with Crippen LogP contribution in [0.5, 0.6) is 0 Å². The molecule has 0 unspecified atom stereocenters. The third kappa shape index (κ3) is 3.09. The van der Waals surface area contributed by atoms with Gasteiger partial charge < -0.3 is 5.73 Å². The number of nitrogens with zero attached hydrogens (tertiary/aromatic N) is 1. The predicted octanol–water partition coefficient (Wildman–Crippen LogP) is 2.38. The van der Waals surface area contributed by atoms with E-state index in [1.807, 2.05) is 0 Å². The molecule has 1 fully saturated rings. The summed E-state index contributed by atoms with van der Waals surface area (Å²) in [5.74, 6) is -1.91. The third-order valence-electron chi connectivity index (χ3n) is 4.10. The van der Waals surface area contributed by atoms with Gasteiger partial charge in [-0.25, -0.2) is 17.2 Å². The summed E-state index contributed by atoms with van der Waals surface area (Å²) in [6.07, 6.45) is 4.55. The Bertz CT molecular complexity index is 614. The number of hydrogen-bond acceptors (Lipinski definition) is 3. The maximum Gasteiger partial charge on any atom is 0.245 e. The summed E-state index contributed by atoms with van der Waals surface area (Å²) < 4.78 is 54.0. The minimum atomic E-state index is -3.98. The molecule has 0 saturated heterocycles. The van der Waals surface area contributed by atoms with Crippen LogP contribution in [0.15, 0.2) is 17.0 Å². The van der Waals surface area contributed by atoms with Crippen LogP contribution in [0.3, 0.4) is 0 Å². The lowest BCUT2D eigenvalue weighted by Crippen LogP contribution is -2.38. The molecule has 1 aliphatic carbocycles. The van der Waals surface area contributed by atoms with E-state index in [2.05, 4.69) is 0 Å². The van der Waals surface area contributed by atoms with Crippen molar-refractivity contribution in [3.05, 3.63) is 29.3 Å². The highest BCUT2D eigenvalue weighted by Gasteiger charge is 2.32. The molecule has 1 saturated carbocycles. The van der Waals surface area contributed by atoms with Gasteiger partial charge in [0.05, 0.1) is 0 Å². The minimum Gasteiger partial charge on any atom is -0.326 e. The first-order valence-corrected chi connectivity index (χ1v) is 8.48. The topological polar surface area (TPSA) is 63.4 Å². The molecule has 0 radical (unpaired) electrons. The number of halogens is 2. The summed E-state index contributed by atoms with van der Waals surface area (Å²) in [6, 6.07) is 1.79. The maximum atomic E-state index is 14.2. The van der Waals surface area contributed by atoms with Gasteiger partial charge in [-0.2, -0.15) is 4.31 Å². The second kappa shape index (κ2) is 6.37. The Labute approximate surface area is 124 Å². The Morgan fingerprint density at radius 3 is 2.43 bits per heavy atom. The summed E-state index contributed by atoms with van der Waals surface area (Å²) in [5.41, 5.74) is 4.90. The molecule has 0 spiro atoms. The van der Waals surface area contributed by atoms with Crippen LogP contribution in [0.25, 0.3) is 0 Å². The molecule has 0 aliphatic heterocycles. The second-order valence-corrected chi connectivity index (χ2v) is 7.32. The van der Waals surface area contributed by atoms with E-state index in [-0.39, 0.29) is 12.6 Å².